The third-order valence-corrected chi connectivity index (χ3v) is 5.30. The van der Waals surface area contributed by atoms with Crippen molar-refractivity contribution in [2.45, 2.75) is 12.2 Å². The Bertz CT molecular complexity index is 948. The summed E-state index contributed by atoms with van der Waals surface area (Å²) < 4.78 is 11.4. The number of hydrogen-bond donors (Lipinski definition) is 2. The van der Waals surface area contributed by atoms with Crippen LogP contribution in [0.25, 0.3) is 11.5 Å². The van der Waals surface area contributed by atoms with Crippen molar-refractivity contribution < 1.29 is 13.9 Å². The lowest BCUT2D eigenvalue weighted by molar-refractivity contribution is 0.251. The fourth-order valence-corrected chi connectivity index (χ4v) is 3.43. The van der Waals surface area contributed by atoms with Crippen molar-refractivity contribution in [1.82, 2.24) is 20.4 Å². The number of aromatic nitrogens is 2. The van der Waals surface area contributed by atoms with Gasteiger partial charge in [0.15, 0.2) is 0 Å². The van der Waals surface area contributed by atoms with E-state index in [9.17, 15) is 4.79 Å². The Morgan fingerprint density at radius 2 is 1.88 bits per heavy atom. The van der Waals surface area contributed by atoms with Crippen LogP contribution in [0.15, 0.2) is 59.0 Å². The molecule has 2 amide bonds. The van der Waals surface area contributed by atoms with Gasteiger partial charge in [0, 0.05) is 23.5 Å². The lowest BCUT2D eigenvalue weighted by atomic mass is 10.2. The molecule has 0 aliphatic heterocycles. The van der Waals surface area contributed by atoms with Gasteiger partial charge in [-0.05, 0) is 63.5 Å². The van der Waals surface area contributed by atoms with Gasteiger partial charge < -0.3 is 24.7 Å². The molecule has 0 unspecified atom stereocenters. The van der Waals surface area contributed by atoms with Crippen LogP contribution < -0.4 is 15.4 Å². The normalized spacial score (nSPS) is 10.8. The number of nitrogens with zero attached hydrogens (tertiary/aromatic N) is 3. The van der Waals surface area contributed by atoms with Gasteiger partial charge in [-0.3, -0.25) is 0 Å². The van der Waals surface area contributed by atoms with E-state index in [1.54, 1.807) is 11.8 Å². The first-order chi connectivity index (χ1) is 15.6. The van der Waals surface area contributed by atoms with E-state index in [0.29, 0.717) is 36.4 Å². The van der Waals surface area contributed by atoms with Gasteiger partial charge in [-0.15, -0.1) is 22.0 Å². The molecule has 8 nitrogen and oxygen atoms in total. The first-order valence-electron chi connectivity index (χ1n) is 10.5. The number of para-hydroxylation sites is 1. The van der Waals surface area contributed by atoms with E-state index < -0.39 is 0 Å². The molecule has 0 bridgehead atoms. The Labute approximate surface area is 192 Å². The first-order valence-corrected chi connectivity index (χ1v) is 11.6. The highest BCUT2D eigenvalue weighted by Gasteiger charge is 2.09. The smallest absolute Gasteiger partial charge is 0.319 e. The second-order valence-electron chi connectivity index (χ2n) is 7.33. The molecule has 0 fully saturated rings. The molecule has 170 valence electrons. The summed E-state index contributed by atoms with van der Waals surface area (Å²) in [5.41, 5.74) is 1.51. The average Bonchev–Trinajstić information content (AvgIpc) is 3.26. The molecule has 1 aromatic heterocycles. The van der Waals surface area contributed by atoms with Crippen molar-refractivity contribution >= 4 is 23.5 Å². The number of urea groups is 1. The lowest BCUT2D eigenvalue weighted by Crippen LogP contribution is -2.31. The number of anilines is 1. The molecule has 0 atom stereocenters. The highest BCUT2D eigenvalue weighted by molar-refractivity contribution is 7.98. The molecule has 32 heavy (non-hydrogen) atoms. The minimum absolute atomic E-state index is 0.218. The summed E-state index contributed by atoms with van der Waals surface area (Å²) in [6, 6.07) is 16.8. The molecule has 3 rings (SSSR count). The SMILES string of the molecule is CN(C)CCCNC(=O)Nc1ccc(-c2nnc(CSCCOc3ccccc3)o2)cc1. The molecule has 1 heterocycles. The highest BCUT2D eigenvalue weighted by Crippen LogP contribution is 2.22. The Morgan fingerprint density at radius 1 is 1.09 bits per heavy atom. The summed E-state index contributed by atoms with van der Waals surface area (Å²) in [5.74, 6) is 3.35. The largest absolute Gasteiger partial charge is 0.493 e. The minimum atomic E-state index is -0.218. The van der Waals surface area contributed by atoms with Gasteiger partial charge in [-0.25, -0.2) is 4.79 Å². The van der Waals surface area contributed by atoms with E-state index in [4.69, 9.17) is 9.15 Å². The van der Waals surface area contributed by atoms with Crippen LogP contribution >= 0.6 is 11.8 Å². The van der Waals surface area contributed by atoms with Crippen LogP contribution in [0, 0.1) is 0 Å². The quantitative estimate of drug-likeness (QED) is 0.397. The molecule has 0 spiro atoms. The number of rotatable bonds is 12. The molecule has 0 saturated carbocycles. The number of carbonyl (C=O) groups is 1. The van der Waals surface area contributed by atoms with Gasteiger partial charge in [-0.1, -0.05) is 18.2 Å². The predicted octanol–water partition coefficient (Wildman–Crippen LogP) is 4.12. The number of hydrogen-bond acceptors (Lipinski definition) is 7. The molecule has 0 aliphatic carbocycles. The van der Waals surface area contributed by atoms with Gasteiger partial charge in [0.1, 0.15) is 5.75 Å². The van der Waals surface area contributed by atoms with Crippen molar-refractivity contribution in [1.29, 1.82) is 0 Å². The van der Waals surface area contributed by atoms with Gasteiger partial charge in [0.25, 0.3) is 0 Å². The molecule has 3 aromatic rings. The number of nitrogens with one attached hydrogen (secondary N) is 2. The Morgan fingerprint density at radius 3 is 2.62 bits per heavy atom. The van der Waals surface area contributed by atoms with E-state index in [2.05, 4.69) is 25.7 Å². The molecule has 2 aromatic carbocycles. The molecule has 0 saturated heterocycles. The van der Waals surface area contributed by atoms with Crippen LogP contribution in [-0.2, 0) is 5.75 Å². The second kappa shape index (κ2) is 12.7. The monoisotopic (exact) mass is 455 g/mol. The minimum Gasteiger partial charge on any atom is -0.493 e. The van der Waals surface area contributed by atoms with E-state index in [-0.39, 0.29) is 6.03 Å². The van der Waals surface area contributed by atoms with Crippen LogP contribution in [0.5, 0.6) is 5.75 Å². The average molecular weight is 456 g/mol. The standard InChI is InChI=1S/C23H29N5O3S/c1-28(2)14-6-13-24-23(29)25-19-11-9-18(10-12-19)22-27-26-21(31-22)17-32-16-15-30-20-7-4-3-5-8-20/h3-5,7-12H,6,13-17H2,1-2H3,(H2,24,25,29). The molecule has 2 N–H and O–H groups in total. The molecule has 0 radical (unpaired) electrons. The van der Waals surface area contributed by atoms with E-state index >= 15 is 0 Å². The molecular formula is C23H29N5O3S. The number of thioether (sulfide) groups is 1. The number of ether oxygens (including phenoxy) is 1. The third kappa shape index (κ3) is 8.24. The number of amides is 2. The van der Waals surface area contributed by atoms with Crippen LogP contribution in [0.2, 0.25) is 0 Å². The molecular weight excluding hydrogens is 426 g/mol. The highest BCUT2D eigenvalue weighted by atomic mass is 32.2. The van der Waals surface area contributed by atoms with Gasteiger partial charge in [0.05, 0.1) is 12.4 Å². The first kappa shape index (κ1) is 23.6. The predicted molar refractivity (Wildman–Crippen MR) is 128 cm³/mol. The van der Waals surface area contributed by atoms with Crippen LogP contribution in [0.1, 0.15) is 12.3 Å². The Balaban J connectivity index is 1.38. The van der Waals surface area contributed by atoms with E-state index in [1.165, 1.54) is 0 Å². The Kier molecular flexibility index (Phi) is 9.39. The van der Waals surface area contributed by atoms with Gasteiger partial charge >= 0.3 is 6.03 Å². The zero-order valence-electron chi connectivity index (χ0n) is 18.4. The summed E-state index contributed by atoms with van der Waals surface area (Å²) in [6.07, 6.45) is 0.900. The molecule has 9 heteroatoms. The van der Waals surface area contributed by atoms with E-state index in [1.807, 2.05) is 68.7 Å². The molecule has 0 aliphatic rings. The maximum atomic E-state index is 12.0. The maximum Gasteiger partial charge on any atom is 0.319 e. The topological polar surface area (TPSA) is 92.5 Å². The zero-order chi connectivity index (χ0) is 22.6. The van der Waals surface area contributed by atoms with Crippen molar-refractivity contribution in [2.24, 2.45) is 0 Å². The summed E-state index contributed by atoms with van der Waals surface area (Å²) >= 11 is 1.67. The Hall–Kier alpha value is -3.04. The third-order valence-electron chi connectivity index (χ3n) is 4.39. The van der Waals surface area contributed by atoms with Gasteiger partial charge in [-0.2, -0.15) is 0 Å². The maximum absolute atomic E-state index is 12.0. The fourth-order valence-electron chi connectivity index (χ4n) is 2.79. The fraction of sp³-hybridized carbons (Fsp3) is 0.348. The van der Waals surface area contributed by atoms with Crippen molar-refractivity contribution in [2.75, 3.05) is 44.9 Å². The van der Waals surface area contributed by atoms with Crippen molar-refractivity contribution in [3.63, 3.8) is 0 Å². The van der Waals surface area contributed by atoms with Crippen LogP contribution in [0.3, 0.4) is 0 Å². The van der Waals surface area contributed by atoms with Crippen LogP contribution in [-0.4, -0.2) is 60.7 Å². The number of benzene rings is 2. The van der Waals surface area contributed by atoms with Crippen LogP contribution in [0.4, 0.5) is 10.5 Å². The zero-order valence-corrected chi connectivity index (χ0v) is 19.2. The summed E-state index contributed by atoms with van der Waals surface area (Å²) in [7, 11) is 4.02. The summed E-state index contributed by atoms with van der Waals surface area (Å²) in [6.45, 7) is 2.18. The lowest BCUT2D eigenvalue weighted by Gasteiger charge is -2.10. The van der Waals surface area contributed by atoms with Gasteiger partial charge in [0.2, 0.25) is 11.8 Å². The van der Waals surface area contributed by atoms with Crippen molar-refractivity contribution in [3.05, 3.63) is 60.5 Å². The van der Waals surface area contributed by atoms with E-state index in [0.717, 1.165) is 30.0 Å². The second-order valence-corrected chi connectivity index (χ2v) is 8.44. The van der Waals surface area contributed by atoms with Crippen molar-refractivity contribution in [3.8, 4) is 17.2 Å². The number of carbonyl (C=O) groups excluding carboxylic acids is 1. The summed E-state index contributed by atoms with van der Waals surface area (Å²) in [5, 5.41) is 13.9. The summed E-state index contributed by atoms with van der Waals surface area (Å²) in [4.78, 5) is 14.0.